The second-order valence-electron chi connectivity index (χ2n) is 4.02. The summed E-state index contributed by atoms with van der Waals surface area (Å²) < 4.78 is 47.0. The van der Waals surface area contributed by atoms with Crippen LogP contribution >= 0.6 is 0 Å². The lowest BCUT2D eigenvalue weighted by atomic mass is 10.3. The molecule has 7 nitrogen and oxygen atoms in total. The molecule has 22 heavy (non-hydrogen) atoms. The van der Waals surface area contributed by atoms with Gasteiger partial charge in [0.15, 0.2) is 6.61 Å². The number of H-pyrrole nitrogens is 1. The molecule has 1 amide bonds. The summed E-state index contributed by atoms with van der Waals surface area (Å²) >= 11 is 0. The normalized spacial score (nSPS) is 11.1. The van der Waals surface area contributed by atoms with Gasteiger partial charge in [-0.05, 0) is 24.3 Å². The molecule has 1 aromatic carbocycles. The molecule has 0 saturated heterocycles. The van der Waals surface area contributed by atoms with E-state index in [-0.39, 0.29) is 0 Å². The highest BCUT2D eigenvalue weighted by Gasteiger charge is 2.35. The van der Waals surface area contributed by atoms with E-state index < -0.39 is 30.5 Å². The van der Waals surface area contributed by atoms with Crippen molar-refractivity contribution in [2.75, 3.05) is 19.0 Å². The molecule has 2 aromatic rings. The molecular weight excluding hydrogens is 305 g/mol. The second-order valence-corrected chi connectivity index (χ2v) is 4.02. The van der Waals surface area contributed by atoms with Crippen LogP contribution in [-0.4, -0.2) is 34.8 Å². The van der Waals surface area contributed by atoms with Crippen LogP contribution in [0.1, 0.15) is 5.82 Å². The Morgan fingerprint density at radius 1 is 1.27 bits per heavy atom. The summed E-state index contributed by atoms with van der Waals surface area (Å²) in [5.41, 5.74) is 0. The number of aromatic amines is 1. The molecule has 0 atom stereocenters. The number of hydrogen-bond donors (Lipinski definition) is 2. The first-order valence-electron chi connectivity index (χ1n) is 5.95. The molecule has 0 aliphatic rings. The number of rotatable bonds is 5. The number of alkyl halides is 3. The van der Waals surface area contributed by atoms with Crippen molar-refractivity contribution in [1.29, 1.82) is 0 Å². The van der Waals surface area contributed by atoms with Gasteiger partial charge >= 0.3 is 6.18 Å². The fourth-order valence-corrected chi connectivity index (χ4v) is 1.43. The molecule has 0 aliphatic heterocycles. The first-order chi connectivity index (χ1) is 10.4. The maximum Gasteiger partial charge on any atom is 0.451 e. The minimum atomic E-state index is -4.66. The van der Waals surface area contributed by atoms with Crippen molar-refractivity contribution in [3.8, 4) is 11.5 Å². The number of halogens is 3. The van der Waals surface area contributed by atoms with Crippen molar-refractivity contribution < 1.29 is 27.4 Å². The molecule has 118 valence electrons. The van der Waals surface area contributed by atoms with Gasteiger partial charge in [0.1, 0.15) is 11.5 Å². The number of aromatic nitrogens is 3. The third-order valence-corrected chi connectivity index (χ3v) is 2.43. The lowest BCUT2D eigenvalue weighted by Crippen LogP contribution is -2.21. The fourth-order valence-electron chi connectivity index (χ4n) is 1.43. The lowest BCUT2D eigenvalue weighted by Gasteiger charge is -2.06. The SMILES string of the molecule is COc1ccc(OCC(=O)Nc2n[nH]c(C(F)(F)F)n2)cc1. The third-order valence-electron chi connectivity index (χ3n) is 2.43. The minimum Gasteiger partial charge on any atom is -0.497 e. The van der Waals surface area contributed by atoms with Crippen LogP contribution in [0, 0.1) is 0 Å². The number of benzene rings is 1. The summed E-state index contributed by atoms with van der Waals surface area (Å²) in [7, 11) is 1.51. The lowest BCUT2D eigenvalue weighted by molar-refractivity contribution is -0.144. The fraction of sp³-hybridized carbons (Fsp3) is 0.250. The molecule has 2 N–H and O–H groups in total. The largest absolute Gasteiger partial charge is 0.497 e. The minimum absolute atomic E-state index is 0.401. The molecule has 0 radical (unpaired) electrons. The summed E-state index contributed by atoms with van der Waals surface area (Å²) in [6, 6.07) is 6.44. The zero-order valence-electron chi connectivity index (χ0n) is 11.3. The highest BCUT2D eigenvalue weighted by molar-refractivity contribution is 5.90. The van der Waals surface area contributed by atoms with Gasteiger partial charge in [-0.15, -0.1) is 5.10 Å². The van der Waals surface area contributed by atoms with E-state index in [1.165, 1.54) is 7.11 Å². The molecule has 2 rings (SSSR count). The number of hydrogen-bond acceptors (Lipinski definition) is 5. The molecule has 0 aliphatic carbocycles. The van der Waals surface area contributed by atoms with E-state index in [1.807, 2.05) is 0 Å². The van der Waals surface area contributed by atoms with E-state index in [1.54, 1.807) is 29.4 Å². The van der Waals surface area contributed by atoms with E-state index >= 15 is 0 Å². The maximum atomic E-state index is 12.3. The van der Waals surface area contributed by atoms with E-state index in [4.69, 9.17) is 9.47 Å². The Balaban J connectivity index is 1.86. The average molecular weight is 316 g/mol. The number of anilines is 1. The molecule has 10 heteroatoms. The van der Waals surface area contributed by atoms with Crippen molar-refractivity contribution in [1.82, 2.24) is 15.2 Å². The van der Waals surface area contributed by atoms with Crippen LogP contribution in [-0.2, 0) is 11.0 Å². The van der Waals surface area contributed by atoms with Crippen LogP contribution in [0.15, 0.2) is 24.3 Å². The molecule has 1 heterocycles. The standard InChI is InChI=1S/C12H11F3N4O3/c1-21-7-2-4-8(5-3-7)22-6-9(20)16-11-17-10(18-19-11)12(13,14)15/h2-5H,6H2,1H3,(H2,16,17,18,19,20). The molecule has 0 fully saturated rings. The number of carbonyl (C=O) groups excluding carboxylic acids is 1. The number of methoxy groups -OCH3 is 1. The van der Waals surface area contributed by atoms with Crippen molar-refractivity contribution in [2.24, 2.45) is 0 Å². The molecule has 1 aromatic heterocycles. The molecule has 0 spiro atoms. The van der Waals surface area contributed by atoms with Gasteiger partial charge < -0.3 is 9.47 Å². The quantitative estimate of drug-likeness (QED) is 0.879. The molecule has 0 bridgehead atoms. The van der Waals surface area contributed by atoms with Gasteiger partial charge in [0, 0.05) is 0 Å². The first kappa shape index (κ1) is 15.6. The first-order valence-corrected chi connectivity index (χ1v) is 5.95. The van der Waals surface area contributed by atoms with Gasteiger partial charge in [-0.3, -0.25) is 15.2 Å². The van der Waals surface area contributed by atoms with Gasteiger partial charge in [0.05, 0.1) is 7.11 Å². The van der Waals surface area contributed by atoms with Crippen molar-refractivity contribution >= 4 is 11.9 Å². The smallest absolute Gasteiger partial charge is 0.451 e. The van der Waals surface area contributed by atoms with Crippen molar-refractivity contribution in [3.05, 3.63) is 30.1 Å². The van der Waals surface area contributed by atoms with Gasteiger partial charge in [0.2, 0.25) is 11.8 Å². The second kappa shape index (κ2) is 6.33. The van der Waals surface area contributed by atoms with Crippen LogP contribution < -0.4 is 14.8 Å². The Labute approximate surface area is 122 Å². The number of amides is 1. The Kier molecular flexibility index (Phi) is 4.49. The Bertz CT molecular complexity index is 640. The Hall–Kier alpha value is -2.78. The average Bonchev–Trinajstić information content (AvgIpc) is 2.94. The molecule has 0 unspecified atom stereocenters. The summed E-state index contributed by atoms with van der Waals surface area (Å²) in [6.07, 6.45) is -4.66. The highest BCUT2D eigenvalue weighted by atomic mass is 19.4. The van der Waals surface area contributed by atoms with Gasteiger partial charge in [-0.1, -0.05) is 0 Å². The summed E-state index contributed by atoms with van der Waals surface area (Å²) in [6.45, 7) is -0.401. The maximum absolute atomic E-state index is 12.3. The van der Waals surface area contributed by atoms with Crippen molar-refractivity contribution in [3.63, 3.8) is 0 Å². The molecular formula is C12H11F3N4O3. The predicted molar refractivity (Wildman–Crippen MR) is 68.5 cm³/mol. The van der Waals surface area contributed by atoms with Gasteiger partial charge in [0.25, 0.3) is 5.91 Å². The van der Waals surface area contributed by atoms with Gasteiger partial charge in [-0.2, -0.15) is 18.2 Å². The van der Waals surface area contributed by atoms with E-state index in [0.717, 1.165) is 0 Å². The number of ether oxygens (including phenoxy) is 2. The van der Waals surface area contributed by atoms with Crippen LogP contribution in [0.25, 0.3) is 0 Å². The van der Waals surface area contributed by atoms with E-state index in [9.17, 15) is 18.0 Å². The van der Waals surface area contributed by atoms with Gasteiger partial charge in [-0.25, -0.2) is 0 Å². The number of carbonyl (C=O) groups is 1. The van der Waals surface area contributed by atoms with Crippen LogP contribution in [0.2, 0.25) is 0 Å². The third kappa shape index (κ3) is 4.11. The van der Waals surface area contributed by atoms with E-state index in [2.05, 4.69) is 15.4 Å². The summed E-state index contributed by atoms with van der Waals surface area (Å²) in [4.78, 5) is 14.6. The van der Waals surface area contributed by atoms with Crippen LogP contribution in [0.4, 0.5) is 19.1 Å². The predicted octanol–water partition coefficient (Wildman–Crippen LogP) is 1.85. The Morgan fingerprint density at radius 3 is 2.45 bits per heavy atom. The topological polar surface area (TPSA) is 89.1 Å². The Morgan fingerprint density at radius 2 is 1.91 bits per heavy atom. The van der Waals surface area contributed by atoms with Crippen LogP contribution in [0.5, 0.6) is 11.5 Å². The number of nitrogens with one attached hydrogen (secondary N) is 2. The summed E-state index contributed by atoms with van der Waals surface area (Å²) in [5.74, 6) is -1.43. The zero-order valence-corrected chi connectivity index (χ0v) is 11.3. The molecule has 0 saturated carbocycles. The monoisotopic (exact) mass is 316 g/mol. The zero-order chi connectivity index (χ0) is 16.2. The number of nitrogens with zero attached hydrogens (tertiary/aromatic N) is 2. The van der Waals surface area contributed by atoms with Crippen LogP contribution in [0.3, 0.4) is 0 Å². The van der Waals surface area contributed by atoms with Crippen molar-refractivity contribution in [2.45, 2.75) is 6.18 Å². The van der Waals surface area contributed by atoms with E-state index in [0.29, 0.717) is 11.5 Å². The highest BCUT2D eigenvalue weighted by Crippen LogP contribution is 2.26. The summed E-state index contributed by atoms with van der Waals surface area (Å²) in [5, 5.41) is 7.01.